The molecule has 0 radical (unpaired) electrons. The highest BCUT2D eigenvalue weighted by atomic mass is 16.4. The Labute approximate surface area is 160 Å². The Morgan fingerprint density at radius 1 is 1.15 bits per heavy atom. The molecular weight excluding hydrogens is 342 g/mol. The van der Waals surface area contributed by atoms with Crippen LogP contribution in [0.15, 0.2) is 18.2 Å². The monoisotopic (exact) mass is 371 g/mol. The number of nitrogens with one attached hydrogen (secondary N) is 2. The number of carbonyl (C=O) groups excluding carboxylic acids is 1. The van der Waals surface area contributed by atoms with E-state index in [1.807, 2.05) is 12.1 Å². The number of carbonyl (C=O) groups is 2. The summed E-state index contributed by atoms with van der Waals surface area (Å²) < 4.78 is 0. The first-order valence-corrected chi connectivity index (χ1v) is 10.2. The predicted octanol–water partition coefficient (Wildman–Crippen LogP) is 3.01. The van der Waals surface area contributed by atoms with Crippen LogP contribution in [0, 0.1) is 5.92 Å². The third-order valence-corrected chi connectivity index (χ3v) is 6.14. The van der Waals surface area contributed by atoms with Crippen molar-refractivity contribution in [2.45, 2.75) is 63.5 Å². The first kappa shape index (κ1) is 18.3. The van der Waals surface area contributed by atoms with E-state index in [2.05, 4.69) is 21.6 Å². The zero-order valence-corrected chi connectivity index (χ0v) is 15.7. The molecule has 2 saturated carbocycles. The molecule has 1 aromatic carbocycles. The number of nitrogens with zero attached hydrogens (tertiary/aromatic N) is 1. The van der Waals surface area contributed by atoms with Gasteiger partial charge in [-0.3, -0.25) is 9.69 Å². The zero-order chi connectivity index (χ0) is 18.8. The molecule has 0 aliphatic heterocycles. The van der Waals surface area contributed by atoms with E-state index in [1.165, 1.54) is 36.8 Å². The maximum absolute atomic E-state index is 12.4. The van der Waals surface area contributed by atoms with Gasteiger partial charge in [0, 0.05) is 24.3 Å². The molecule has 1 aromatic rings. The van der Waals surface area contributed by atoms with Crippen molar-refractivity contribution >= 4 is 17.7 Å². The van der Waals surface area contributed by atoms with E-state index in [4.69, 9.17) is 5.11 Å². The van der Waals surface area contributed by atoms with Crippen molar-refractivity contribution in [3.63, 3.8) is 0 Å². The van der Waals surface area contributed by atoms with E-state index < -0.39 is 5.97 Å². The van der Waals surface area contributed by atoms with Gasteiger partial charge in [0.05, 0.1) is 6.54 Å². The van der Waals surface area contributed by atoms with Gasteiger partial charge in [0.1, 0.15) is 0 Å². The summed E-state index contributed by atoms with van der Waals surface area (Å²) in [6.45, 7) is 0.988. The largest absolute Gasteiger partial charge is 0.480 e. The Kier molecular flexibility index (Phi) is 5.34. The van der Waals surface area contributed by atoms with Gasteiger partial charge in [0.25, 0.3) is 0 Å². The lowest BCUT2D eigenvalue weighted by Gasteiger charge is -2.42. The third-order valence-electron chi connectivity index (χ3n) is 6.14. The first-order chi connectivity index (χ1) is 13.1. The van der Waals surface area contributed by atoms with Gasteiger partial charge < -0.3 is 15.7 Å². The Bertz CT molecular complexity index is 711. The lowest BCUT2D eigenvalue weighted by molar-refractivity contribution is -0.139. The molecule has 2 amide bonds. The molecule has 2 fully saturated rings. The third kappa shape index (κ3) is 4.61. The molecule has 0 atom stereocenters. The number of hydrogen-bond donors (Lipinski definition) is 3. The lowest BCUT2D eigenvalue weighted by Crippen LogP contribution is -2.55. The molecular formula is C21H29N3O3. The number of rotatable bonds is 7. The standard InChI is InChI=1S/C21H29N3O3/c25-20(26)13-24(12-14-8-9-14)17-10-16(11-17)22-21(27)23-19-7-3-5-15-4-1-2-6-18(15)19/h3,5,7,14,16-17H,1-2,4,6,8-13H2,(H,25,26)(H2,22,23,27). The smallest absolute Gasteiger partial charge is 0.319 e. The molecule has 4 rings (SSSR count). The van der Waals surface area contributed by atoms with Crippen LogP contribution in [-0.2, 0) is 17.6 Å². The maximum atomic E-state index is 12.4. The number of carboxylic acids is 1. The summed E-state index contributed by atoms with van der Waals surface area (Å²) in [5, 5.41) is 15.2. The van der Waals surface area contributed by atoms with Gasteiger partial charge in [-0.25, -0.2) is 4.79 Å². The number of carboxylic acid groups (broad SMARTS) is 1. The average Bonchev–Trinajstić information content (AvgIpc) is 3.41. The number of aryl methyl sites for hydroxylation is 1. The Morgan fingerprint density at radius 2 is 1.93 bits per heavy atom. The summed E-state index contributed by atoms with van der Waals surface area (Å²) in [6, 6.07) is 6.41. The topological polar surface area (TPSA) is 81.7 Å². The van der Waals surface area contributed by atoms with E-state index in [0.29, 0.717) is 5.92 Å². The highest BCUT2D eigenvalue weighted by Gasteiger charge is 2.37. The molecule has 0 spiro atoms. The van der Waals surface area contributed by atoms with E-state index in [9.17, 15) is 9.59 Å². The number of fused-ring (bicyclic) bond motifs is 1. The fraction of sp³-hybridized carbons (Fsp3) is 0.619. The number of benzene rings is 1. The van der Waals surface area contributed by atoms with Crippen molar-refractivity contribution in [3.8, 4) is 0 Å². The van der Waals surface area contributed by atoms with Crippen molar-refractivity contribution < 1.29 is 14.7 Å². The number of aliphatic carboxylic acids is 1. The van der Waals surface area contributed by atoms with Gasteiger partial charge in [-0.2, -0.15) is 0 Å². The first-order valence-electron chi connectivity index (χ1n) is 10.2. The molecule has 0 unspecified atom stereocenters. The second-order valence-electron chi connectivity index (χ2n) is 8.34. The van der Waals surface area contributed by atoms with E-state index in [1.54, 1.807) is 0 Å². The molecule has 6 nitrogen and oxygen atoms in total. The fourth-order valence-corrected chi connectivity index (χ4v) is 4.39. The van der Waals surface area contributed by atoms with Crippen molar-refractivity contribution in [2.24, 2.45) is 5.92 Å². The van der Waals surface area contributed by atoms with Crippen LogP contribution in [0.1, 0.15) is 49.7 Å². The molecule has 3 aliphatic rings. The molecule has 0 aromatic heterocycles. The SMILES string of the molecule is O=C(O)CN(CC1CC1)C1CC(NC(=O)Nc2cccc3c2CCCC3)C1. The minimum atomic E-state index is -0.765. The van der Waals surface area contributed by atoms with Crippen LogP contribution in [-0.4, -0.2) is 47.2 Å². The Balaban J connectivity index is 1.27. The normalized spacial score (nSPS) is 24.0. The molecule has 0 bridgehead atoms. The number of amides is 2. The Morgan fingerprint density at radius 3 is 2.67 bits per heavy atom. The van der Waals surface area contributed by atoms with Crippen LogP contribution in [0.4, 0.5) is 10.5 Å². The molecule has 0 saturated heterocycles. The molecule has 146 valence electrons. The fourth-order valence-electron chi connectivity index (χ4n) is 4.39. The minimum Gasteiger partial charge on any atom is -0.480 e. The average molecular weight is 371 g/mol. The van der Waals surface area contributed by atoms with Gasteiger partial charge in [-0.05, 0) is 74.5 Å². The second kappa shape index (κ2) is 7.89. The maximum Gasteiger partial charge on any atom is 0.319 e. The quantitative estimate of drug-likeness (QED) is 0.688. The number of anilines is 1. The van der Waals surface area contributed by atoms with E-state index in [-0.39, 0.29) is 24.7 Å². The highest BCUT2D eigenvalue weighted by molar-refractivity contribution is 5.90. The summed E-state index contributed by atoms with van der Waals surface area (Å²) in [4.78, 5) is 25.6. The predicted molar refractivity (Wildman–Crippen MR) is 104 cm³/mol. The van der Waals surface area contributed by atoms with E-state index in [0.717, 1.165) is 37.9 Å². The van der Waals surface area contributed by atoms with Crippen LogP contribution in [0.3, 0.4) is 0 Å². The van der Waals surface area contributed by atoms with Crippen molar-refractivity contribution in [3.05, 3.63) is 29.3 Å². The van der Waals surface area contributed by atoms with Crippen molar-refractivity contribution in [1.29, 1.82) is 0 Å². The molecule has 3 N–H and O–H groups in total. The number of urea groups is 1. The second-order valence-corrected chi connectivity index (χ2v) is 8.34. The zero-order valence-electron chi connectivity index (χ0n) is 15.7. The lowest BCUT2D eigenvalue weighted by atomic mass is 9.85. The molecule has 27 heavy (non-hydrogen) atoms. The molecule has 0 heterocycles. The summed E-state index contributed by atoms with van der Waals surface area (Å²) in [7, 11) is 0. The minimum absolute atomic E-state index is 0.107. The number of hydrogen-bond acceptors (Lipinski definition) is 3. The van der Waals surface area contributed by atoms with Crippen molar-refractivity contribution in [2.75, 3.05) is 18.4 Å². The van der Waals surface area contributed by atoms with Crippen LogP contribution in [0.5, 0.6) is 0 Å². The molecule has 6 heteroatoms. The van der Waals surface area contributed by atoms with Crippen molar-refractivity contribution in [1.82, 2.24) is 10.2 Å². The van der Waals surface area contributed by atoms with Gasteiger partial charge in [-0.15, -0.1) is 0 Å². The van der Waals surface area contributed by atoms with Crippen LogP contribution >= 0.6 is 0 Å². The summed E-state index contributed by atoms with van der Waals surface area (Å²) in [6.07, 6.45) is 8.63. The highest BCUT2D eigenvalue weighted by Crippen LogP contribution is 2.34. The summed E-state index contributed by atoms with van der Waals surface area (Å²) in [5.74, 6) is -0.0948. The van der Waals surface area contributed by atoms with Crippen LogP contribution < -0.4 is 10.6 Å². The Hall–Kier alpha value is -2.08. The van der Waals surface area contributed by atoms with Gasteiger partial charge in [0.15, 0.2) is 0 Å². The summed E-state index contributed by atoms with van der Waals surface area (Å²) >= 11 is 0. The van der Waals surface area contributed by atoms with E-state index >= 15 is 0 Å². The summed E-state index contributed by atoms with van der Waals surface area (Å²) in [5.41, 5.74) is 3.57. The van der Waals surface area contributed by atoms with Gasteiger partial charge in [-0.1, -0.05) is 12.1 Å². The molecule has 3 aliphatic carbocycles. The van der Waals surface area contributed by atoms with Gasteiger partial charge >= 0.3 is 12.0 Å². The van der Waals surface area contributed by atoms with Crippen LogP contribution in [0.25, 0.3) is 0 Å². The van der Waals surface area contributed by atoms with Gasteiger partial charge in [0.2, 0.25) is 0 Å². The van der Waals surface area contributed by atoms with Crippen LogP contribution in [0.2, 0.25) is 0 Å².